The maximum atomic E-state index is 12.7. The van der Waals surface area contributed by atoms with Crippen LogP contribution in [0, 0.1) is 0 Å². The minimum absolute atomic E-state index is 0.0753. The Morgan fingerprint density at radius 2 is 1.54 bits per heavy atom. The van der Waals surface area contributed by atoms with E-state index in [2.05, 4.69) is 15.0 Å². The zero-order chi connectivity index (χ0) is 20.5. The Hall–Kier alpha value is -3.29. The summed E-state index contributed by atoms with van der Waals surface area (Å²) in [6, 6.07) is 12.1. The molecule has 0 saturated heterocycles. The summed E-state index contributed by atoms with van der Waals surface area (Å²) in [5, 5.41) is 9.15. The SMILES string of the molecule is CC(C)(c1cccc(C(=O)O)n1)c1cccc(-c2ccc(C(F)(F)F)nc2)n1. The van der Waals surface area contributed by atoms with Crippen LogP contribution in [0.5, 0.6) is 0 Å². The number of carboxylic acids is 1. The van der Waals surface area contributed by atoms with Gasteiger partial charge in [0.25, 0.3) is 0 Å². The number of rotatable bonds is 4. The number of nitrogens with zero attached hydrogens (tertiary/aromatic N) is 3. The van der Waals surface area contributed by atoms with Gasteiger partial charge >= 0.3 is 12.1 Å². The highest BCUT2D eigenvalue weighted by Crippen LogP contribution is 2.32. The van der Waals surface area contributed by atoms with Gasteiger partial charge in [-0.1, -0.05) is 12.1 Å². The molecule has 0 atom stereocenters. The number of hydrogen-bond acceptors (Lipinski definition) is 4. The first kappa shape index (κ1) is 19.5. The fraction of sp³-hybridized carbons (Fsp3) is 0.200. The van der Waals surface area contributed by atoms with Crippen LogP contribution in [0.15, 0.2) is 54.7 Å². The molecule has 8 heteroatoms. The number of aromatic nitrogens is 3. The van der Waals surface area contributed by atoms with Crippen molar-refractivity contribution in [3.05, 3.63) is 77.5 Å². The highest BCUT2D eigenvalue weighted by Gasteiger charge is 2.32. The van der Waals surface area contributed by atoms with Crippen LogP contribution in [0.25, 0.3) is 11.3 Å². The second-order valence-corrected chi connectivity index (χ2v) is 6.68. The first-order valence-electron chi connectivity index (χ1n) is 8.31. The highest BCUT2D eigenvalue weighted by molar-refractivity contribution is 5.85. The number of aromatic carboxylic acids is 1. The molecule has 0 aliphatic heterocycles. The monoisotopic (exact) mass is 387 g/mol. The lowest BCUT2D eigenvalue weighted by atomic mass is 9.84. The number of alkyl halides is 3. The van der Waals surface area contributed by atoms with Gasteiger partial charge in [-0.05, 0) is 50.2 Å². The Bertz CT molecular complexity index is 1020. The van der Waals surface area contributed by atoms with E-state index in [0.717, 1.165) is 12.3 Å². The molecule has 0 aliphatic rings. The van der Waals surface area contributed by atoms with E-state index < -0.39 is 23.3 Å². The third kappa shape index (κ3) is 3.85. The molecule has 3 heterocycles. The zero-order valence-electron chi connectivity index (χ0n) is 15.0. The van der Waals surface area contributed by atoms with E-state index in [-0.39, 0.29) is 5.69 Å². The van der Waals surface area contributed by atoms with Gasteiger partial charge < -0.3 is 5.11 Å². The fourth-order valence-electron chi connectivity index (χ4n) is 2.69. The molecule has 3 aromatic rings. The Kier molecular flexibility index (Phi) is 4.89. The van der Waals surface area contributed by atoms with Crippen molar-refractivity contribution >= 4 is 5.97 Å². The van der Waals surface area contributed by atoms with Crippen LogP contribution in [-0.2, 0) is 11.6 Å². The summed E-state index contributed by atoms with van der Waals surface area (Å²) in [6.45, 7) is 3.69. The molecular formula is C20H16F3N3O2. The van der Waals surface area contributed by atoms with Gasteiger partial charge in [-0.3, -0.25) is 9.97 Å². The summed E-state index contributed by atoms with van der Waals surface area (Å²) in [5.41, 5.74) is 0.249. The van der Waals surface area contributed by atoms with Gasteiger partial charge in [0, 0.05) is 17.2 Å². The molecule has 28 heavy (non-hydrogen) atoms. The lowest BCUT2D eigenvalue weighted by molar-refractivity contribution is -0.141. The molecule has 0 unspecified atom stereocenters. The van der Waals surface area contributed by atoms with E-state index in [1.165, 1.54) is 12.1 Å². The van der Waals surface area contributed by atoms with E-state index in [1.807, 2.05) is 13.8 Å². The van der Waals surface area contributed by atoms with Crippen LogP contribution in [0.3, 0.4) is 0 Å². The number of pyridine rings is 3. The Morgan fingerprint density at radius 1 is 0.893 bits per heavy atom. The van der Waals surface area contributed by atoms with Gasteiger partial charge in [0.15, 0.2) is 0 Å². The maximum absolute atomic E-state index is 12.7. The van der Waals surface area contributed by atoms with Crippen molar-refractivity contribution in [3.63, 3.8) is 0 Å². The predicted molar refractivity (Wildman–Crippen MR) is 95.8 cm³/mol. The summed E-state index contributed by atoms with van der Waals surface area (Å²) in [5.74, 6) is -1.13. The van der Waals surface area contributed by atoms with Crippen molar-refractivity contribution in [2.45, 2.75) is 25.4 Å². The standard InChI is InChI=1S/C20H16F3N3O2/c1-19(2,16-8-4-6-14(26-16)18(27)28)15-7-3-5-13(25-15)12-9-10-17(24-11-12)20(21,22)23/h3-11H,1-2H3,(H,27,28). The largest absolute Gasteiger partial charge is 0.477 e. The van der Waals surface area contributed by atoms with E-state index >= 15 is 0 Å². The number of halogens is 3. The first-order chi connectivity index (χ1) is 13.1. The first-order valence-corrected chi connectivity index (χ1v) is 8.31. The van der Waals surface area contributed by atoms with E-state index in [9.17, 15) is 18.0 Å². The molecule has 0 bridgehead atoms. The molecule has 3 aromatic heterocycles. The van der Waals surface area contributed by atoms with Crippen LogP contribution < -0.4 is 0 Å². The molecule has 0 aromatic carbocycles. The highest BCUT2D eigenvalue weighted by atomic mass is 19.4. The minimum atomic E-state index is -4.50. The fourth-order valence-corrected chi connectivity index (χ4v) is 2.69. The maximum Gasteiger partial charge on any atom is 0.433 e. The molecule has 5 nitrogen and oxygen atoms in total. The van der Waals surface area contributed by atoms with Crippen LogP contribution in [0.2, 0.25) is 0 Å². The van der Waals surface area contributed by atoms with Gasteiger partial charge in [0.2, 0.25) is 0 Å². The number of hydrogen-bond donors (Lipinski definition) is 1. The second-order valence-electron chi connectivity index (χ2n) is 6.68. The minimum Gasteiger partial charge on any atom is -0.477 e. The zero-order valence-corrected chi connectivity index (χ0v) is 15.0. The average Bonchev–Trinajstić information content (AvgIpc) is 2.67. The van der Waals surface area contributed by atoms with Crippen LogP contribution in [-0.4, -0.2) is 26.0 Å². The van der Waals surface area contributed by atoms with Gasteiger partial charge in [0.05, 0.1) is 17.1 Å². The summed E-state index contributed by atoms with van der Waals surface area (Å²) in [7, 11) is 0. The molecule has 0 fully saturated rings. The average molecular weight is 387 g/mol. The van der Waals surface area contributed by atoms with Crippen molar-refractivity contribution in [2.75, 3.05) is 0 Å². The third-order valence-electron chi connectivity index (χ3n) is 4.35. The van der Waals surface area contributed by atoms with Gasteiger partial charge in [-0.2, -0.15) is 13.2 Å². The van der Waals surface area contributed by atoms with E-state index in [0.29, 0.717) is 22.6 Å². The summed E-state index contributed by atoms with van der Waals surface area (Å²) >= 11 is 0. The van der Waals surface area contributed by atoms with Crippen molar-refractivity contribution in [1.29, 1.82) is 0 Å². The number of carboxylic acid groups (broad SMARTS) is 1. The Balaban J connectivity index is 1.98. The molecule has 0 aliphatic carbocycles. The summed E-state index contributed by atoms with van der Waals surface area (Å²) < 4.78 is 38.1. The molecule has 0 spiro atoms. The van der Waals surface area contributed by atoms with Crippen LogP contribution >= 0.6 is 0 Å². The quantitative estimate of drug-likeness (QED) is 0.709. The van der Waals surface area contributed by atoms with Crippen LogP contribution in [0.1, 0.15) is 41.4 Å². The molecule has 0 saturated carbocycles. The predicted octanol–water partition coefficient (Wildman–Crippen LogP) is 4.58. The lowest BCUT2D eigenvalue weighted by Gasteiger charge is -2.24. The van der Waals surface area contributed by atoms with Crippen molar-refractivity contribution in [2.24, 2.45) is 0 Å². The van der Waals surface area contributed by atoms with Crippen molar-refractivity contribution < 1.29 is 23.1 Å². The Morgan fingerprint density at radius 3 is 2.11 bits per heavy atom. The molecule has 3 rings (SSSR count). The molecular weight excluding hydrogens is 371 g/mol. The number of carbonyl (C=O) groups is 1. The second kappa shape index (κ2) is 7.03. The summed E-state index contributed by atoms with van der Waals surface area (Å²) in [4.78, 5) is 23.4. The summed E-state index contributed by atoms with van der Waals surface area (Å²) in [6.07, 6.45) is -3.37. The lowest BCUT2D eigenvalue weighted by Crippen LogP contribution is -2.23. The van der Waals surface area contributed by atoms with Crippen molar-refractivity contribution in [1.82, 2.24) is 15.0 Å². The molecule has 144 valence electrons. The molecule has 0 amide bonds. The van der Waals surface area contributed by atoms with Crippen LogP contribution in [0.4, 0.5) is 13.2 Å². The smallest absolute Gasteiger partial charge is 0.433 e. The normalized spacial score (nSPS) is 12.0. The van der Waals surface area contributed by atoms with Crippen molar-refractivity contribution in [3.8, 4) is 11.3 Å². The van der Waals surface area contributed by atoms with Gasteiger partial charge in [-0.25, -0.2) is 9.78 Å². The van der Waals surface area contributed by atoms with Gasteiger partial charge in [-0.15, -0.1) is 0 Å². The van der Waals surface area contributed by atoms with E-state index in [1.54, 1.807) is 30.3 Å². The molecule has 1 N–H and O–H groups in total. The third-order valence-corrected chi connectivity index (χ3v) is 4.35. The molecule has 0 radical (unpaired) electrons. The Labute approximate surface area is 158 Å². The van der Waals surface area contributed by atoms with Gasteiger partial charge in [0.1, 0.15) is 11.4 Å². The van der Waals surface area contributed by atoms with E-state index in [4.69, 9.17) is 5.11 Å². The topological polar surface area (TPSA) is 76.0 Å².